The van der Waals surface area contributed by atoms with Gasteiger partial charge in [-0.1, -0.05) is 44.2 Å². The van der Waals surface area contributed by atoms with Crippen molar-refractivity contribution in [3.63, 3.8) is 0 Å². The fraction of sp³-hybridized carbons (Fsp3) is 0.371. The molecule has 1 aromatic heterocycles. The molecule has 0 saturated carbocycles. The van der Waals surface area contributed by atoms with Gasteiger partial charge in [-0.25, -0.2) is 0 Å². The number of rotatable bonds is 16. The lowest BCUT2D eigenvalue weighted by molar-refractivity contribution is -0.212. The van der Waals surface area contributed by atoms with Gasteiger partial charge in [0, 0.05) is 30.8 Å². The zero-order chi connectivity index (χ0) is 37.9. The Morgan fingerprint density at radius 2 is 1.47 bits per heavy atom. The van der Waals surface area contributed by atoms with Gasteiger partial charge >= 0.3 is 6.18 Å². The second-order valence-corrected chi connectivity index (χ2v) is 12.3. The second kappa shape index (κ2) is 17.9. The number of nitrogens with two attached hydrogens (primary N) is 1. The molecule has 0 aliphatic heterocycles. The molecule has 16 heteroatoms. The van der Waals surface area contributed by atoms with Crippen molar-refractivity contribution >= 4 is 29.5 Å². The Bertz CT molecular complexity index is 1660. The zero-order valence-electron chi connectivity index (χ0n) is 28.1. The van der Waals surface area contributed by atoms with Crippen LogP contribution in [0.4, 0.5) is 13.2 Å². The van der Waals surface area contributed by atoms with Crippen molar-refractivity contribution in [2.45, 2.75) is 76.5 Å². The van der Waals surface area contributed by atoms with Gasteiger partial charge in [0.2, 0.25) is 23.6 Å². The summed E-state index contributed by atoms with van der Waals surface area (Å²) < 4.78 is 39.8. The number of phenols is 1. The molecular weight excluding hydrogens is 673 g/mol. The molecule has 0 bridgehead atoms. The molecule has 2 aromatic carbocycles. The summed E-state index contributed by atoms with van der Waals surface area (Å²) in [6.07, 6.45) is -6.18. The number of phenolic OH excluding ortho intramolecular Hbond substituents is 1. The summed E-state index contributed by atoms with van der Waals surface area (Å²) in [6, 6.07) is 10.1. The average molecular weight is 715 g/mol. The largest absolute Gasteiger partial charge is 0.508 e. The summed E-state index contributed by atoms with van der Waals surface area (Å²) in [5, 5.41) is 29.1. The highest BCUT2D eigenvalue weighted by atomic mass is 19.4. The van der Waals surface area contributed by atoms with Gasteiger partial charge in [0.1, 0.15) is 23.9 Å². The van der Waals surface area contributed by atoms with E-state index < -0.39 is 84.7 Å². The Kier molecular flexibility index (Phi) is 14.0. The van der Waals surface area contributed by atoms with Crippen LogP contribution in [-0.4, -0.2) is 81.2 Å². The number of carbonyl (C=O) groups is 5. The number of benzene rings is 2. The molecule has 8 N–H and O–H groups in total. The van der Waals surface area contributed by atoms with E-state index in [4.69, 9.17) is 5.73 Å². The van der Waals surface area contributed by atoms with Crippen molar-refractivity contribution in [1.82, 2.24) is 26.3 Å². The minimum Gasteiger partial charge on any atom is -0.508 e. The predicted molar refractivity (Wildman–Crippen MR) is 180 cm³/mol. The molecule has 0 fully saturated rings. The van der Waals surface area contributed by atoms with Gasteiger partial charge in [-0.15, -0.1) is 0 Å². The van der Waals surface area contributed by atoms with Gasteiger partial charge < -0.3 is 37.2 Å². The number of hydrogen-bond acceptors (Lipinski definition) is 8. The van der Waals surface area contributed by atoms with Crippen molar-refractivity contribution in [3.05, 3.63) is 84.2 Å². The normalized spacial score (nSPS) is 14.4. The minimum atomic E-state index is -5.13. The number of carbonyl (C=O) groups excluding carboxylic acids is 5. The summed E-state index contributed by atoms with van der Waals surface area (Å²) in [6.45, 7) is 4.54. The van der Waals surface area contributed by atoms with E-state index in [0.29, 0.717) is 5.56 Å². The van der Waals surface area contributed by atoms with E-state index in [1.807, 2.05) is 11.4 Å². The van der Waals surface area contributed by atoms with Gasteiger partial charge in [-0.05, 0) is 66.3 Å². The maximum atomic E-state index is 13.6. The number of primary amides is 1. The molecule has 5 atom stereocenters. The second-order valence-electron chi connectivity index (χ2n) is 12.3. The molecule has 13 nitrogen and oxygen atoms in total. The fourth-order valence-electron chi connectivity index (χ4n) is 4.97. The highest BCUT2D eigenvalue weighted by Gasteiger charge is 2.44. The molecule has 5 amide bonds. The molecule has 3 unspecified atom stereocenters. The number of aliphatic hydroxyl groups is 1. The number of aromatic nitrogens is 1. The molecular formula is C35H41F3N6O7. The van der Waals surface area contributed by atoms with Crippen LogP contribution in [0.1, 0.15) is 49.5 Å². The number of halogens is 3. The van der Waals surface area contributed by atoms with E-state index >= 15 is 0 Å². The van der Waals surface area contributed by atoms with Crippen molar-refractivity contribution in [2.24, 2.45) is 11.7 Å². The van der Waals surface area contributed by atoms with Crippen molar-refractivity contribution in [2.75, 3.05) is 0 Å². The molecule has 0 radical (unpaired) electrons. The maximum absolute atomic E-state index is 13.6. The van der Waals surface area contributed by atoms with Crippen LogP contribution in [0.15, 0.2) is 73.1 Å². The van der Waals surface area contributed by atoms with Gasteiger partial charge in [-0.3, -0.25) is 29.0 Å². The van der Waals surface area contributed by atoms with Crippen LogP contribution in [0.2, 0.25) is 0 Å². The number of nitrogens with zero attached hydrogens (tertiary/aromatic N) is 1. The van der Waals surface area contributed by atoms with Crippen LogP contribution in [-0.2, 0) is 25.6 Å². The third-order valence-corrected chi connectivity index (χ3v) is 7.88. The Hall–Kier alpha value is -5.51. The monoisotopic (exact) mass is 714 g/mol. The molecule has 0 aliphatic rings. The summed E-state index contributed by atoms with van der Waals surface area (Å²) in [5.41, 5.74) is 7.45. The molecule has 3 rings (SSSR count). The first-order chi connectivity index (χ1) is 24.0. The number of amides is 5. The Morgan fingerprint density at radius 1 is 0.824 bits per heavy atom. The van der Waals surface area contributed by atoms with Crippen molar-refractivity contribution in [1.29, 1.82) is 0 Å². The lowest BCUT2D eigenvalue weighted by Crippen LogP contribution is -2.59. The van der Waals surface area contributed by atoms with Crippen LogP contribution in [0.3, 0.4) is 0 Å². The number of aromatic hydroxyl groups is 1. The van der Waals surface area contributed by atoms with Gasteiger partial charge in [0.05, 0.1) is 6.04 Å². The molecule has 51 heavy (non-hydrogen) atoms. The van der Waals surface area contributed by atoms with E-state index in [0.717, 1.165) is 11.1 Å². The summed E-state index contributed by atoms with van der Waals surface area (Å²) in [5.74, 6) is -4.77. The number of aliphatic hydroxyl groups excluding tert-OH is 1. The molecule has 3 aromatic rings. The first kappa shape index (κ1) is 39.9. The Balaban J connectivity index is 1.76. The van der Waals surface area contributed by atoms with Crippen molar-refractivity contribution < 1.29 is 47.4 Å². The third kappa shape index (κ3) is 12.1. The summed E-state index contributed by atoms with van der Waals surface area (Å²) in [7, 11) is 0. The van der Waals surface area contributed by atoms with E-state index in [1.165, 1.54) is 31.2 Å². The topological polar surface area (TPSA) is 213 Å². The van der Waals surface area contributed by atoms with Gasteiger partial charge in [0.25, 0.3) is 5.91 Å². The van der Waals surface area contributed by atoms with Gasteiger partial charge in [-0.2, -0.15) is 13.2 Å². The number of pyridine rings is 1. The van der Waals surface area contributed by atoms with Crippen molar-refractivity contribution in [3.8, 4) is 16.9 Å². The lowest BCUT2D eigenvalue weighted by Gasteiger charge is -2.28. The molecule has 274 valence electrons. The first-order valence-corrected chi connectivity index (χ1v) is 16.0. The first-order valence-electron chi connectivity index (χ1n) is 16.0. The van der Waals surface area contributed by atoms with Crippen LogP contribution < -0.4 is 27.0 Å². The smallest absolute Gasteiger partial charge is 0.416 e. The summed E-state index contributed by atoms with van der Waals surface area (Å²) >= 11 is 0. The van der Waals surface area contributed by atoms with E-state index in [1.54, 1.807) is 56.6 Å². The number of nitrogens with one attached hydrogen (secondary N) is 4. The van der Waals surface area contributed by atoms with Crippen LogP contribution in [0.25, 0.3) is 11.1 Å². The quantitative estimate of drug-likeness (QED) is 0.117. The maximum Gasteiger partial charge on any atom is 0.416 e. The molecule has 0 aliphatic carbocycles. The van der Waals surface area contributed by atoms with Gasteiger partial charge in [0.15, 0.2) is 6.10 Å². The molecule has 0 spiro atoms. The lowest BCUT2D eigenvalue weighted by atomic mass is 10.00. The summed E-state index contributed by atoms with van der Waals surface area (Å²) in [4.78, 5) is 68.4. The number of alkyl halides is 3. The van der Waals surface area contributed by atoms with E-state index in [-0.39, 0.29) is 17.7 Å². The predicted octanol–water partition coefficient (Wildman–Crippen LogP) is 2.11. The van der Waals surface area contributed by atoms with E-state index in [9.17, 15) is 47.4 Å². The molecule has 1 heterocycles. The standard InChI is InChI=1S/C35H41F3N6O7/c1-19(2)29(44-32(49)23-10-8-22(9-11-23)24-5-4-16-40-18-24)34(51)43-27(17-21-6-12-25(45)13-7-21)33(50)41-20(3)31(48)42-26(14-15-28(39)46)30(47)35(36,37)38/h4-13,16,18-20,26-27,29-30,45,47H,14-15,17H2,1-3H3,(H2,39,46)(H,41,50)(H,42,48)(H,43,51)(H,44,49)/t20-,26?,27?,29-,30?/m0/s1. The molecule has 0 saturated heterocycles. The Morgan fingerprint density at radius 3 is 2.02 bits per heavy atom. The third-order valence-electron chi connectivity index (χ3n) is 7.88. The van der Waals surface area contributed by atoms with E-state index in [2.05, 4.69) is 20.9 Å². The highest BCUT2D eigenvalue weighted by Crippen LogP contribution is 2.24. The SMILES string of the molecule is CC(C)[C@H](NC(=O)c1ccc(-c2cccnc2)cc1)C(=O)NC(Cc1ccc(O)cc1)C(=O)N[C@@H](C)C(=O)NC(CCC(N)=O)C(O)C(F)(F)F. The van der Waals surface area contributed by atoms with Crippen LogP contribution in [0, 0.1) is 5.92 Å². The highest BCUT2D eigenvalue weighted by molar-refractivity contribution is 5.99. The zero-order valence-corrected chi connectivity index (χ0v) is 28.1. The van der Waals surface area contributed by atoms with Crippen LogP contribution in [0.5, 0.6) is 5.75 Å². The number of hydrogen-bond donors (Lipinski definition) is 7. The minimum absolute atomic E-state index is 0.0583. The average Bonchev–Trinajstić information content (AvgIpc) is 3.08. The Labute approximate surface area is 292 Å². The van der Waals surface area contributed by atoms with Crippen LogP contribution >= 0.6 is 0 Å². The fourth-order valence-corrected chi connectivity index (χ4v) is 4.97.